The van der Waals surface area contributed by atoms with Crippen molar-refractivity contribution in [2.75, 3.05) is 0 Å². The Morgan fingerprint density at radius 2 is 2.06 bits per heavy atom. The van der Waals surface area contributed by atoms with Gasteiger partial charge in [-0.25, -0.2) is 0 Å². The number of nitrogens with zero attached hydrogens (tertiary/aromatic N) is 4. The van der Waals surface area contributed by atoms with Crippen LogP contribution in [-0.2, 0) is 0 Å². The van der Waals surface area contributed by atoms with Gasteiger partial charge in [0, 0.05) is 22.5 Å². The third-order valence-electron chi connectivity index (χ3n) is 1.47. The molecule has 0 radical (unpaired) electrons. The van der Waals surface area contributed by atoms with Gasteiger partial charge < -0.3 is 0 Å². The fraction of sp³-hybridized carbons (Fsp3) is 0. The van der Waals surface area contributed by atoms with Gasteiger partial charge in [0.25, 0.3) is 5.69 Å². The van der Waals surface area contributed by atoms with Crippen LogP contribution in [0.15, 0.2) is 41.9 Å². The van der Waals surface area contributed by atoms with Gasteiger partial charge in [-0.2, -0.15) is 0 Å². The van der Waals surface area contributed by atoms with E-state index in [0.717, 1.165) is 0 Å². The molecule has 0 atom stereocenters. The number of nitro groups is 1. The average Bonchev–Trinajstić information content (AvgIpc) is 2.84. The molecule has 0 bridgehead atoms. The van der Waals surface area contributed by atoms with Crippen molar-refractivity contribution in [1.29, 1.82) is 5.39 Å². The number of thiazole rings is 1. The standard InChI is InChI=1S/C6H5NO2.C3H2N3S/c8-7(9)6-4-2-1-3-5-6;4-6-3-5-1-2-7-3/h1-5H;1-2H/q;+1. The van der Waals surface area contributed by atoms with Gasteiger partial charge in [-0.05, 0) is 16.3 Å². The summed E-state index contributed by atoms with van der Waals surface area (Å²) < 4.78 is 0. The smallest absolute Gasteiger partial charge is 0.258 e. The van der Waals surface area contributed by atoms with Crippen LogP contribution in [0, 0.1) is 15.5 Å². The van der Waals surface area contributed by atoms with Gasteiger partial charge in [-0.3, -0.25) is 10.1 Å². The van der Waals surface area contributed by atoms with Gasteiger partial charge >= 0.3 is 5.13 Å². The van der Waals surface area contributed by atoms with Crippen LogP contribution in [-0.4, -0.2) is 9.91 Å². The van der Waals surface area contributed by atoms with Crippen LogP contribution in [0.25, 0.3) is 4.98 Å². The summed E-state index contributed by atoms with van der Waals surface area (Å²) in [6, 6.07) is 7.93. The van der Waals surface area contributed by atoms with Crippen molar-refractivity contribution in [2.45, 2.75) is 0 Å². The molecule has 2 rings (SSSR count). The number of benzene rings is 1. The molecule has 1 heterocycles. The average molecular weight is 235 g/mol. The lowest BCUT2D eigenvalue weighted by molar-refractivity contribution is -0.384. The Kier molecular flexibility index (Phi) is 4.56. The zero-order valence-electron chi connectivity index (χ0n) is 8.06. The normalized spacial score (nSPS) is 8.44. The zero-order chi connectivity index (χ0) is 11.8. The van der Waals surface area contributed by atoms with E-state index in [4.69, 9.17) is 5.39 Å². The highest BCUT2D eigenvalue weighted by Gasteiger charge is 2.02. The van der Waals surface area contributed by atoms with Crippen LogP contribution < -0.4 is 0 Å². The monoisotopic (exact) mass is 235 g/mol. The number of aromatic nitrogens is 1. The molecule has 16 heavy (non-hydrogen) atoms. The molecular weight excluding hydrogens is 228 g/mol. The minimum Gasteiger partial charge on any atom is -0.258 e. The summed E-state index contributed by atoms with van der Waals surface area (Å²) in [5, 5.41) is 20.2. The predicted molar refractivity (Wildman–Crippen MR) is 60.0 cm³/mol. The molecule has 1 aromatic heterocycles. The topological polar surface area (TPSA) is 84.2 Å². The molecule has 0 saturated heterocycles. The molecule has 0 aliphatic heterocycles. The van der Waals surface area contributed by atoms with Gasteiger partial charge in [0.1, 0.15) is 0 Å². The maximum atomic E-state index is 10.0. The third-order valence-corrected chi connectivity index (χ3v) is 2.13. The third kappa shape index (κ3) is 3.81. The Bertz CT molecular complexity index is 478. The first-order valence-corrected chi connectivity index (χ1v) is 5.06. The number of para-hydroxylation sites is 1. The van der Waals surface area contributed by atoms with Crippen molar-refractivity contribution in [3.8, 4) is 0 Å². The van der Waals surface area contributed by atoms with Crippen LogP contribution in [0.4, 0.5) is 10.8 Å². The molecule has 1 aromatic carbocycles. The van der Waals surface area contributed by atoms with E-state index in [1.807, 2.05) is 0 Å². The van der Waals surface area contributed by atoms with Gasteiger partial charge in [0.05, 0.1) is 10.3 Å². The number of non-ortho nitro benzene ring substituents is 1. The molecule has 80 valence electrons. The lowest BCUT2D eigenvalue weighted by atomic mass is 10.3. The first kappa shape index (κ1) is 11.7. The van der Waals surface area contributed by atoms with E-state index in [9.17, 15) is 10.1 Å². The second-order valence-corrected chi connectivity index (χ2v) is 3.38. The van der Waals surface area contributed by atoms with Crippen molar-refractivity contribution in [3.05, 3.63) is 57.0 Å². The summed E-state index contributed by atoms with van der Waals surface area (Å²) >= 11 is 1.30. The maximum absolute atomic E-state index is 10.0. The summed E-state index contributed by atoms with van der Waals surface area (Å²) in [4.78, 5) is 16.1. The van der Waals surface area contributed by atoms with Crippen molar-refractivity contribution in [1.82, 2.24) is 4.98 Å². The van der Waals surface area contributed by atoms with Gasteiger partial charge in [0.2, 0.25) is 0 Å². The molecule has 0 spiro atoms. The number of diazo groups is 1. The Morgan fingerprint density at radius 1 is 1.38 bits per heavy atom. The molecule has 0 N–H and O–H groups in total. The van der Waals surface area contributed by atoms with E-state index < -0.39 is 4.92 Å². The lowest BCUT2D eigenvalue weighted by Crippen LogP contribution is -1.84. The molecule has 6 nitrogen and oxygen atoms in total. The molecule has 0 fully saturated rings. The van der Waals surface area contributed by atoms with Crippen LogP contribution in [0.3, 0.4) is 0 Å². The quantitative estimate of drug-likeness (QED) is 0.431. The number of hydrogen-bond donors (Lipinski definition) is 0. The second kappa shape index (κ2) is 6.21. The second-order valence-electron chi connectivity index (χ2n) is 2.51. The summed E-state index contributed by atoms with van der Waals surface area (Å²) in [7, 11) is 0. The molecule has 0 saturated carbocycles. The van der Waals surface area contributed by atoms with Gasteiger partial charge in [-0.1, -0.05) is 18.2 Å². The van der Waals surface area contributed by atoms with E-state index in [0.29, 0.717) is 5.13 Å². The Hall–Kier alpha value is -2.33. The van der Waals surface area contributed by atoms with Gasteiger partial charge in [-0.15, -0.1) is 0 Å². The first-order valence-electron chi connectivity index (χ1n) is 4.18. The number of hydrogen-bond acceptors (Lipinski definition) is 5. The molecular formula is C9H7N4O2S+. The highest BCUT2D eigenvalue weighted by atomic mass is 32.1. The van der Waals surface area contributed by atoms with E-state index in [1.54, 1.807) is 29.8 Å². The summed E-state index contributed by atoms with van der Waals surface area (Å²) in [6.45, 7) is 0. The molecule has 0 amide bonds. The van der Waals surface area contributed by atoms with E-state index in [1.165, 1.54) is 23.5 Å². The zero-order valence-corrected chi connectivity index (χ0v) is 8.87. The van der Waals surface area contributed by atoms with E-state index >= 15 is 0 Å². The van der Waals surface area contributed by atoms with Crippen LogP contribution in [0.1, 0.15) is 0 Å². The maximum Gasteiger partial charge on any atom is 0.523 e. The van der Waals surface area contributed by atoms with E-state index in [-0.39, 0.29) is 5.69 Å². The van der Waals surface area contributed by atoms with Crippen molar-refractivity contribution < 1.29 is 4.92 Å². The Morgan fingerprint density at radius 3 is 2.38 bits per heavy atom. The van der Waals surface area contributed by atoms with E-state index in [2.05, 4.69) is 9.96 Å². The highest BCUT2D eigenvalue weighted by Crippen LogP contribution is 2.12. The van der Waals surface area contributed by atoms with Crippen LogP contribution in [0.2, 0.25) is 0 Å². The minimum absolute atomic E-state index is 0.137. The largest absolute Gasteiger partial charge is 0.523 e. The molecule has 0 unspecified atom stereocenters. The van der Waals surface area contributed by atoms with Gasteiger partial charge in [0.15, 0.2) is 6.20 Å². The van der Waals surface area contributed by atoms with Crippen molar-refractivity contribution in [2.24, 2.45) is 0 Å². The Labute approximate surface area is 95.0 Å². The lowest BCUT2D eigenvalue weighted by Gasteiger charge is -1.85. The Balaban J connectivity index is 0.000000165. The summed E-state index contributed by atoms with van der Waals surface area (Å²) in [5.41, 5.74) is 0.137. The van der Waals surface area contributed by atoms with Crippen LogP contribution in [0.5, 0.6) is 0 Å². The van der Waals surface area contributed by atoms with Crippen molar-refractivity contribution in [3.63, 3.8) is 0 Å². The fourth-order valence-electron chi connectivity index (χ4n) is 0.815. The molecule has 0 aliphatic carbocycles. The molecule has 7 heteroatoms. The highest BCUT2D eigenvalue weighted by molar-refractivity contribution is 7.13. The number of nitro benzene ring substituents is 1. The molecule has 0 aliphatic rings. The van der Waals surface area contributed by atoms with Crippen molar-refractivity contribution >= 4 is 22.2 Å². The summed E-state index contributed by atoms with van der Waals surface area (Å²) in [6.07, 6.45) is 1.58. The van der Waals surface area contributed by atoms with Crippen LogP contribution >= 0.6 is 11.3 Å². The molecule has 2 aromatic rings. The number of rotatable bonds is 1. The minimum atomic E-state index is -0.417. The first-order chi connectivity index (χ1) is 7.74. The fourth-order valence-corrected chi connectivity index (χ4v) is 1.23. The summed E-state index contributed by atoms with van der Waals surface area (Å²) in [5.74, 6) is 0. The SMILES string of the molecule is N#[N+]c1nccs1.O=[N+]([O-])c1ccccc1. The predicted octanol–water partition coefficient (Wildman–Crippen LogP) is 3.22.